The first kappa shape index (κ1) is 28.4. The van der Waals surface area contributed by atoms with Crippen molar-refractivity contribution < 1.29 is 47.7 Å². The number of phosphoric acid groups is 1. The van der Waals surface area contributed by atoms with Crippen molar-refractivity contribution >= 4 is 7.82 Å². The number of nitrogens with one attached hydrogen (secondary N) is 2. The quantitative estimate of drug-likeness (QED) is 0.188. The van der Waals surface area contributed by atoms with Crippen molar-refractivity contribution in [2.24, 2.45) is 0 Å². The molecule has 4 fully saturated rings. The average molecular weight is 602 g/mol. The second-order valence-corrected chi connectivity index (χ2v) is 11.9. The zero-order chi connectivity index (χ0) is 29.5. The number of nitrogens with zero attached hydrogens (tertiary/aromatic N) is 2. The van der Waals surface area contributed by atoms with Crippen molar-refractivity contribution in [1.29, 1.82) is 0 Å². The Hall–Kier alpha value is -2.77. The van der Waals surface area contributed by atoms with E-state index in [1.807, 2.05) is 0 Å². The Morgan fingerprint density at radius 1 is 0.951 bits per heavy atom. The van der Waals surface area contributed by atoms with Crippen LogP contribution in [0.25, 0.3) is 0 Å². The number of hydrogen-bond acceptors (Lipinski definition) is 13. The van der Waals surface area contributed by atoms with Crippen LogP contribution in [0.2, 0.25) is 0 Å². The molecule has 0 amide bonds. The minimum absolute atomic E-state index is 0.187. The Morgan fingerprint density at radius 2 is 1.46 bits per heavy atom. The molecular weight excluding hydrogens is 575 g/mol. The Labute approximate surface area is 228 Å². The first-order valence-corrected chi connectivity index (χ1v) is 14.0. The van der Waals surface area contributed by atoms with Gasteiger partial charge in [0.15, 0.2) is 12.5 Å². The van der Waals surface area contributed by atoms with E-state index in [1.54, 1.807) is 0 Å². The van der Waals surface area contributed by atoms with Crippen LogP contribution in [0.1, 0.15) is 23.6 Å². The highest BCUT2D eigenvalue weighted by molar-refractivity contribution is 7.47. The SMILES string of the molecule is Cc1cn([C@@H]2O[C@@]3(COP(=O)(O)O[C@H]4C5OC[C@]4(CO)O[C@H]5n4cc(C)c(=O)[nH]c4=O)COC2[C@@H]3O)c(=O)[nH]c1=O. The van der Waals surface area contributed by atoms with E-state index in [4.69, 9.17) is 28.0 Å². The highest BCUT2D eigenvalue weighted by Crippen LogP contribution is 2.55. The molecule has 6 heterocycles. The second kappa shape index (κ2) is 9.63. The van der Waals surface area contributed by atoms with E-state index in [0.29, 0.717) is 0 Å². The molecule has 0 aromatic carbocycles. The fourth-order valence-electron chi connectivity index (χ4n) is 5.54. The van der Waals surface area contributed by atoms with Crippen LogP contribution in [-0.2, 0) is 32.6 Å². The third-order valence-corrected chi connectivity index (χ3v) is 8.76. The van der Waals surface area contributed by atoms with Crippen LogP contribution in [0.5, 0.6) is 0 Å². The Kier molecular flexibility index (Phi) is 6.66. The summed E-state index contributed by atoms with van der Waals surface area (Å²) in [5.74, 6) is 0. The van der Waals surface area contributed by atoms with Gasteiger partial charge in [0.05, 0.1) is 26.4 Å². The molecule has 9 atom stereocenters. The van der Waals surface area contributed by atoms with E-state index in [9.17, 15) is 38.8 Å². The zero-order valence-corrected chi connectivity index (χ0v) is 22.5. The van der Waals surface area contributed by atoms with Gasteiger partial charge in [-0.3, -0.25) is 37.7 Å². The van der Waals surface area contributed by atoms with E-state index in [0.717, 1.165) is 9.13 Å². The van der Waals surface area contributed by atoms with Gasteiger partial charge in [0, 0.05) is 23.5 Å². The van der Waals surface area contributed by atoms with Crippen LogP contribution in [0.4, 0.5) is 0 Å². The summed E-state index contributed by atoms with van der Waals surface area (Å²) in [5, 5.41) is 20.9. The molecule has 4 saturated heterocycles. The number of H-pyrrole nitrogens is 2. The molecule has 19 heteroatoms. The Morgan fingerprint density at radius 3 is 2.05 bits per heavy atom. The lowest BCUT2D eigenvalue weighted by Crippen LogP contribution is -2.46. The molecule has 18 nitrogen and oxygen atoms in total. The number of aromatic nitrogens is 4. The number of aliphatic hydroxyl groups is 2. The first-order valence-electron chi connectivity index (χ1n) is 12.5. The molecule has 4 aliphatic heterocycles. The van der Waals surface area contributed by atoms with Crippen molar-refractivity contribution in [3.05, 3.63) is 65.2 Å². The number of phosphoric ester groups is 1. The fourth-order valence-corrected chi connectivity index (χ4v) is 6.59. The molecule has 41 heavy (non-hydrogen) atoms. The number of aliphatic hydroxyl groups excluding tert-OH is 2. The van der Waals surface area contributed by atoms with E-state index in [-0.39, 0.29) is 24.3 Å². The molecule has 5 N–H and O–H groups in total. The molecule has 0 radical (unpaired) electrons. The van der Waals surface area contributed by atoms with Crippen LogP contribution < -0.4 is 22.5 Å². The number of ether oxygens (including phenoxy) is 4. The van der Waals surface area contributed by atoms with Crippen LogP contribution >= 0.6 is 7.82 Å². The van der Waals surface area contributed by atoms with E-state index in [1.165, 1.54) is 26.2 Å². The normalized spacial score (nSPS) is 37.1. The topological polar surface area (TPSA) is 243 Å². The molecule has 4 bridgehead atoms. The largest absolute Gasteiger partial charge is 0.472 e. The van der Waals surface area contributed by atoms with Crippen molar-refractivity contribution in [1.82, 2.24) is 19.1 Å². The molecular formula is C22H27N4O14P. The highest BCUT2D eigenvalue weighted by Gasteiger charge is 2.66. The summed E-state index contributed by atoms with van der Waals surface area (Å²) in [6.07, 6.45) is -4.89. The molecule has 0 aliphatic carbocycles. The molecule has 224 valence electrons. The van der Waals surface area contributed by atoms with Gasteiger partial charge in [0.1, 0.15) is 35.6 Å². The molecule has 0 saturated carbocycles. The van der Waals surface area contributed by atoms with Gasteiger partial charge >= 0.3 is 19.2 Å². The third-order valence-electron chi connectivity index (χ3n) is 7.81. The summed E-state index contributed by atoms with van der Waals surface area (Å²) in [6, 6.07) is 0. The van der Waals surface area contributed by atoms with Gasteiger partial charge in [-0.2, -0.15) is 0 Å². The monoisotopic (exact) mass is 602 g/mol. The standard InChI is InChI=1S/C22H27N4O14P/c1-9-3-25(19(31)23-15(9)29)17-11-13(28)22(39-17,7-35-11)8-37-41(33,34)40-14-12-18(38-21(14,5-27)6-36-12)26-4-10(2)16(30)24-20(26)32/h3-4,11-14,17-18,27-28H,5-8H2,1-2H3,(H,33,34)(H,23,29,31)(H,24,30,32)/t11?,12?,13-,14-,17+,18+,21-,22+/m0/s1. The number of fused-ring (bicyclic) bond motifs is 4. The Balaban J connectivity index is 1.20. The maximum atomic E-state index is 13.1. The molecule has 4 aliphatic rings. The predicted octanol–water partition coefficient (Wildman–Crippen LogP) is -3.11. The lowest BCUT2D eigenvalue weighted by atomic mass is 10.0. The molecule has 2 aromatic heterocycles. The van der Waals surface area contributed by atoms with Gasteiger partial charge in [-0.1, -0.05) is 0 Å². The summed E-state index contributed by atoms with van der Waals surface area (Å²) in [6.45, 7) is 1.03. The van der Waals surface area contributed by atoms with E-state index >= 15 is 0 Å². The maximum absolute atomic E-state index is 13.1. The summed E-state index contributed by atoms with van der Waals surface area (Å²) >= 11 is 0. The van der Waals surface area contributed by atoms with Crippen molar-refractivity contribution in [2.75, 3.05) is 26.4 Å². The summed E-state index contributed by atoms with van der Waals surface area (Å²) in [5.41, 5.74) is -5.75. The van der Waals surface area contributed by atoms with Crippen molar-refractivity contribution in [3.8, 4) is 0 Å². The third kappa shape index (κ3) is 4.42. The summed E-state index contributed by atoms with van der Waals surface area (Å²) < 4.78 is 48.8. The summed E-state index contributed by atoms with van der Waals surface area (Å²) in [4.78, 5) is 63.2. The molecule has 6 rings (SSSR count). The van der Waals surface area contributed by atoms with Gasteiger partial charge in [0.25, 0.3) is 11.1 Å². The summed E-state index contributed by atoms with van der Waals surface area (Å²) in [7, 11) is -4.99. The lowest BCUT2D eigenvalue weighted by Gasteiger charge is -2.32. The van der Waals surface area contributed by atoms with Crippen LogP contribution in [0, 0.1) is 13.8 Å². The van der Waals surface area contributed by atoms with Crippen LogP contribution in [0.15, 0.2) is 31.6 Å². The van der Waals surface area contributed by atoms with Gasteiger partial charge in [-0.25, -0.2) is 14.2 Å². The number of hydrogen-bond donors (Lipinski definition) is 5. The van der Waals surface area contributed by atoms with Gasteiger partial charge < -0.3 is 34.1 Å². The number of aryl methyl sites for hydroxylation is 2. The van der Waals surface area contributed by atoms with E-state index < -0.39 is 91.6 Å². The number of rotatable bonds is 8. The van der Waals surface area contributed by atoms with E-state index in [2.05, 4.69) is 9.97 Å². The number of aromatic amines is 2. The molecule has 2 aromatic rings. The zero-order valence-electron chi connectivity index (χ0n) is 21.6. The van der Waals surface area contributed by atoms with Gasteiger partial charge in [0.2, 0.25) is 0 Å². The minimum atomic E-state index is -4.99. The van der Waals surface area contributed by atoms with Crippen molar-refractivity contribution in [3.63, 3.8) is 0 Å². The van der Waals surface area contributed by atoms with Gasteiger partial charge in [-0.05, 0) is 13.8 Å². The first-order chi connectivity index (χ1) is 19.3. The fraction of sp³-hybridized carbons (Fsp3) is 0.636. The lowest BCUT2D eigenvalue weighted by molar-refractivity contribution is -0.189. The second-order valence-electron chi connectivity index (χ2n) is 10.5. The Bertz CT molecular complexity index is 1670. The van der Waals surface area contributed by atoms with Gasteiger partial charge in [-0.15, -0.1) is 0 Å². The average Bonchev–Trinajstić information content (AvgIpc) is 3.61. The molecule has 0 spiro atoms. The van der Waals surface area contributed by atoms with Crippen LogP contribution in [0.3, 0.4) is 0 Å². The minimum Gasteiger partial charge on any atom is -0.393 e. The van der Waals surface area contributed by atoms with Crippen molar-refractivity contribution in [2.45, 2.75) is 61.9 Å². The molecule has 3 unspecified atom stereocenters. The maximum Gasteiger partial charge on any atom is 0.472 e. The predicted molar refractivity (Wildman–Crippen MR) is 131 cm³/mol. The highest BCUT2D eigenvalue weighted by atomic mass is 31.2. The van der Waals surface area contributed by atoms with Crippen LogP contribution in [-0.4, -0.2) is 96.3 Å². The smallest absolute Gasteiger partial charge is 0.393 e.